The molecule has 1 aliphatic rings. The Balaban J connectivity index is 0.000000235. The minimum Gasteiger partial charge on any atom is -0.351 e. The lowest BCUT2D eigenvalue weighted by molar-refractivity contribution is 0.331. The molecule has 0 radical (unpaired) electrons. The molecule has 1 heteroatoms. The van der Waals surface area contributed by atoms with E-state index >= 15 is 0 Å². The number of hydrogen-bond donors (Lipinski definition) is 0. The van der Waals surface area contributed by atoms with Gasteiger partial charge < -0.3 is 4.57 Å². The molecule has 0 bridgehead atoms. The van der Waals surface area contributed by atoms with E-state index in [2.05, 4.69) is 55.9 Å². The van der Waals surface area contributed by atoms with Gasteiger partial charge in [-0.25, -0.2) is 0 Å². The number of hydrogen-bond acceptors (Lipinski definition) is 0. The molecule has 1 nitrogen and oxygen atoms in total. The summed E-state index contributed by atoms with van der Waals surface area (Å²) in [4.78, 5) is 0. The molecule has 0 N–H and O–H groups in total. The van der Waals surface area contributed by atoms with E-state index in [1.165, 1.54) is 80.7 Å². The first-order chi connectivity index (χ1) is 12.2. The van der Waals surface area contributed by atoms with Crippen LogP contribution < -0.4 is 0 Å². The zero-order valence-corrected chi connectivity index (χ0v) is 17.5. The highest BCUT2D eigenvalue weighted by atomic mass is 14.9. The van der Waals surface area contributed by atoms with Crippen LogP contribution >= 0.6 is 0 Å². The standard InChI is InChI=1S/C12H15N.C10H20.C2H6/c1-3-4-10-5-6-12-11(9-10)7-8-13(12)2;1-2-3-7-10-8-5-4-6-9-10;1-2/h5-9H,3-4H2,1-2H3;10H,2-9H2,1H3;1-2H3. The molecular weight excluding hydrogens is 302 g/mol. The Hall–Kier alpha value is -1.24. The molecule has 1 saturated carbocycles. The maximum Gasteiger partial charge on any atom is 0.0477 e. The summed E-state index contributed by atoms with van der Waals surface area (Å²) in [7, 11) is 2.09. The number of fused-ring (bicyclic) bond motifs is 1. The van der Waals surface area contributed by atoms with Gasteiger partial charge in [0.05, 0.1) is 0 Å². The molecular formula is C24H41N. The van der Waals surface area contributed by atoms with Crippen LogP contribution in [0.2, 0.25) is 0 Å². The lowest BCUT2D eigenvalue weighted by atomic mass is 9.86. The molecule has 1 aliphatic carbocycles. The molecule has 3 rings (SSSR count). The van der Waals surface area contributed by atoms with Crippen molar-refractivity contribution in [2.24, 2.45) is 13.0 Å². The first-order valence-corrected chi connectivity index (χ1v) is 10.8. The van der Waals surface area contributed by atoms with Crippen molar-refractivity contribution >= 4 is 10.9 Å². The lowest BCUT2D eigenvalue weighted by Gasteiger charge is -2.20. The van der Waals surface area contributed by atoms with Crippen molar-refractivity contribution < 1.29 is 0 Å². The number of unbranched alkanes of at least 4 members (excludes halogenated alkanes) is 1. The highest BCUT2D eigenvalue weighted by Crippen LogP contribution is 2.27. The van der Waals surface area contributed by atoms with Crippen molar-refractivity contribution in [3.8, 4) is 0 Å². The predicted octanol–water partition coefficient (Wildman–Crippen LogP) is 7.91. The second kappa shape index (κ2) is 13.0. The molecule has 1 heterocycles. The molecule has 0 atom stereocenters. The third-order valence-corrected chi connectivity index (χ3v) is 5.18. The van der Waals surface area contributed by atoms with E-state index < -0.39 is 0 Å². The van der Waals surface area contributed by atoms with Gasteiger partial charge in [0.15, 0.2) is 0 Å². The van der Waals surface area contributed by atoms with Gasteiger partial charge in [-0.05, 0) is 41.5 Å². The van der Waals surface area contributed by atoms with Crippen LogP contribution in [0.4, 0.5) is 0 Å². The van der Waals surface area contributed by atoms with Crippen LogP contribution in [0.3, 0.4) is 0 Å². The second-order valence-electron chi connectivity index (χ2n) is 7.22. The summed E-state index contributed by atoms with van der Waals surface area (Å²) >= 11 is 0. The largest absolute Gasteiger partial charge is 0.351 e. The highest BCUT2D eigenvalue weighted by Gasteiger charge is 2.11. The summed E-state index contributed by atoms with van der Waals surface area (Å²) in [6.45, 7) is 8.51. The molecule has 25 heavy (non-hydrogen) atoms. The maximum absolute atomic E-state index is 2.29. The summed E-state index contributed by atoms with van der Waals surface area (Å²) in [5.41, 5.74) is 2.76. The van der Waals surface area contributed by atoms with Crippen LogP contribution in [-0.4, -0.2) is 4.57 Å². The fourth-order valence-corrected chi connectivity index (χ4v) is 3.74. The maximum atomic E-state index is 2.29. The molecule has 0 saturated heterocycles. The number of nitrogens with zero attached hydrogens (tertiary/aromatic N) is 1. The van der Waals surface area contributed by atoms with Gasteiger partial charge in [-0.1, -0.05) is 91.5 Å². The average molecular weight is 344 g/mol. The van der Waals surface area contributed by atoms with Crippen molar-refractivity contribution in [3.63, 3.8) is 0 Å². The van der Waals surface area contributed by atoms with E-state index in [0.29, 0.717) is 0 Å². The Labute approximate surface area is 156 Å². The zero-order chi connectivity index (χ0) is 18.5. The fourth-order valence-electron chi connectivity index (χ4n) is 3.74. The molecule has 0 amide bonds. The summed E-state index contributed by atoms with van der Waals surface area (Å²) in [6.07, 6.45) is 16.5. The van der Waals surface area contributed by atoms with Gasteiger partial charge in [-0.2, -0.15) is 0 Å². The number of aryl methyl sites for hydroxylation is 2. The molecule has 1 aromatic heterocycles. The quantitative estimate of drug-likeness (QED) is 0.519. The van der Waals surface area contributed by atoms with E-state index in [-0.39, 0.29) is 0 Å². The van der Waals surface area contributed by atoms with Crippen molar-refractivity contribution in [1.82, 2.24) is 4.57 Å². The topological polar surface area (TPSA) is 4.93 Å². The Morgan fingerprint density at radius 2 is 1.68 bits per heavy atom. The third-order valence-electron chi connectivity index (χ3n) is 5.18. The van der Waals surface area contributed by atoms with Crippen LogP contribution in [0.15, 0.2) is 30.5 Å². The smallest absolute Gasteiger partial charge is 0.0477 e. The minimum atomic E-state index is 1.11. The summed E-state index contributed by atoms with van der Waals surface area (Å²) in [5, 5.41) is 1.36. The van der Waals surface area contributed by atoms with Gasteiger partial charge in [0.25, 0.3) is 0 Å². The number of benzene rings is 1. The van der Waals surface area contributed by atoms with Crippen LogP contribution in [0, 0.1) is 5.92 Å². The molecule has 0 unspecified atom stereocenters. The van der Waals surface area contributed by atoms with Gasteiger partial charge in [-0.15, -0.1) is 0 Å². The van der Waals surface area contributed by atoms with Gasteiger partial charge >= 0.3 is 0 Å². The molecule has 142 valence electrons. The van der Waals surface area contributed by atoms with Crippen molar-refractivity contribution in [2.75, 3.05) is 0 Å². The van der Waals surface area contributed by atoms with Crippen LogP contribution in [0.1, 0.15) is 91.0 Å². The number of rotatable bonds is 5. The van der Waals surface area contributed by atoms with Crippen LogP contribution in [0.5, 0.6) is 0 Å². The van der Waals surface area contributed by atoms with Crippen molar-refractivity contribution in [2.45, 2.75) is 91.9 Å². The summed E-state index contributed by atoms with van der Waals surface area (Å²) < 4.78 is 2.16. The van der Waals surface area contributed by atoms with E-state index in [9.17, 15) is 0 Å². The SMILES string of the molecule is CC.CCCCC1CCCCC1.CCCc1ccc2c(ccn2C)c1. The molecule has 2 aromatic rings. The van der Waals surface area contributed by atoms with E-state index in [4.69, 9.17) is 0 Å². The van der Waals surface area contributed by atoms with Crippen molar-refractivity contribution in [1.29, 1.82) is 0 Å². The Morgan fingerprint density at radius 3 is 2.32 bits per heavy atom. The monoisotopic (exact) mass is 343 g/mol. The Bertz CT molecular complexity index is 560. The van der Waals surface area contributed by atoms with E-state index in [1.807, 2.05) is 13.8 Å². The van der Waals surface area contributed by atoms with Crippen LogP contribution in [-0.2, 0) is 13.5 Å². The molecule has 0 spiro atoms. The molecule has 0 aliphatic heterocycles. The lowest BCUT2D eigenvalue weighted by Crippen LogP contribution is -2.05. The fraction of sp³-hybridized carbons (Fsp3) is 0.667. The van der Waals surface area contributed by atoms with Gasteiger partial charge in [0, 0.05) is 18.8 Å². The van der Waals surface area contributed by atoms with E-state index in [0.717, 1.165) is 5.92 Å². The highest BCUT2D eigenvalue weighted by molar-refractivity contribution is 5.80. The summed E-state index contributed by atoms with van der Waals surface area (Å²) in [6, 6.07) is 8.90. The first kappa shape index (κ1) is 21.8. The van der Waals surface area contributed by atoms with Crippen LogP contribution in [0.25, 0.3) is 10.9 Å². The Kier molecular flexibility index (Phi) is 11.4. The normalized spacial score (nSPS) is 14.4. The van der Waals surface area contributed by atoms with Gasteiger partial charge in [-0.3, -0.25) is 0 Å². The molecule has 1 aromatic carbocycles. The summed E-state index contributed by atoms with van der Waals surface area (Å²) in [5.74, 6) is 1.11. The second-order valence-corrected chi connectivity index (χ2v) is 7.22. The average Bonchev–Trinajstić information content (AvgIpc) is 3.04. The number of aromatic nitrogens is 1. The van der Waals surface area contributed by atoms with Gasteiger partial charge in [0.2, 0.25) is 0 Å². The predicted molar refractivity (Wildman–Crippen MR) is 114 cm³/mol. The van der Waals surface area contributed by atoms with E-state index in [1.54, 1.807) is 0 Å². The van der Waals surface area contributed by atoms with Gasteiger partial charge in [0.1, 0.15) is 0 Å². The minimum absolute atomic E-state index is 1.11. The first-order valence-electron chi connectivity index (χ1n) is 10.8. The van der Waals surface area contributed by atoms with Crippen molar-refractivity contribution in [3.05, 3.63) is 36.0 Å². The Morgan fingerprint density at radius 1 is 0.960 bits per heavy atom. The molecule has 1 fully saturated rings. The zero-order valence-electron chi connectivity index (χ0n) is 17.5. The third kappa shape index (κ3) is 7.67.